The summed E-state index contributed by atoms with van der Waals surface area (Å²) in [5.74, 6) is 1.60. The number of likely N-dealkylation sites (N-methyl/N-ethyl adjacent to an activating group) is 1. The number of piperidine rings is 1. The Labute approximate surface area is 172 Å². The zero-order valence-corrected chi connectivity index (χ0v) is 17.3. The van der Waals surface area contributed by atoms with Gasteiger partial charge in [0.25, 0.3) is 0 Å². The molecule has 1 saturated heterocycles. The van der Waals surface area contributed by atoms with Crippen LogP contribution in [0.1, 0.15) is 18.6 Å². The number of nitrogens with one attached hydrogen (secondary N) is 2. The van der Waals surface area contributed by atoms with E-state index >= 15 is 0 Å². The molecule has 2 heterocycles. The van der Waals surface area contributed by atoms with E-state index < -0.39 is 0 Å². The summed E-state index contributed by atoms with van der Waals surface area (Å²) in [6.45, 7) is 2.82. The third-order valence-corrected chi connectivity index (χ3v) is 5.07. The van der Waals surface area contributed by atoms with Gasteiger partial charge < -0.3 is 24.9 Å². The quantitative estimate of drug-likeness (QED) is 0.553. The zero-order chi connectivity index (χ0) is 20.5. The second-order valence-corrected chi connectivity index (χ2v) is 7.45. The van der Waals surface area contributed by atoms with Crippen molar-refractivity contribution in [1.82, 2.24) is 15.5 Å². The topological polar surface area (TPSA) is 73.1 Å². The lowest BCUT2D eigenvalue weighted by atomic mass is 10.0. The van der Waals surface area contributed by atoms with Crippen LogP contribution in [0.3, 0.4) is 0 Å². The first-order valence-electron chi connectivity index (χ1n) is 10.2. The molecular weight excluding hydrogens is 366 g/mol. The number of furan rings is 1. The van der Waals surface area contributed by atoms with Crippen LogP contribution in [0.15, 0.2) is 58.1 Å². The summed E-state index contributed by atoms with van der Waals surface area (Å²) in [5.41, 5.74) is 1.27. The molecule has 1 aromatic carbocycles. The molecule has 1 aromatic heterocycles. The van der Waals surface area contributed by atoms with E-state index in [0.717, 1.165) is 38.1 Å². The van der Waals surface area contributed by atoms with E-state index in [4.69, 9.17) is 4.42 Å². The highest BCUT2D eigenvalue weighted by Crippen LogP contribution is 2.19. The number of hydrogen-bond donors (Lipinski definition) is 2. The molecule has 3 rings (SSSR count). The lowest BCUT2D eigenvalue weighted by molar-refractivity contribution is -0.127. The molecule has 1 fully saturated rings. The van der Waals surface area contributed by atoms with Crippen molar-refractivity contribution in [2.75, 3.05) is 45.2 Å². The number of benzene rings is 1. The maximum absolute atomic E-state index is 11.9. The molecule has 0 bridgehead atoms. The largest absolute Gasteiger partial charge is 0.469 e. The number of carbonyl (C=O) groups is 1. The Hall–Kier alpha value is -2.96. The zero-order valence-electron chi connectivity index (χ0n) is 17.3. The predicted octanol–water partition coefficient (Wildman–Crippen LogP) is 2.11. The summed E-state index contributed by atoms with van der Waals surface area (Å²) in [4.78, 5) is 20.4. The van der Waals surface area contributed by atoms with Gasteiger partial charge in [0.15, 0.2) is 5.96 Å². The maximum atomic E-state index is 11.9. The van der Waals surface area contributed by atoms with E-state index in [2.05, 4.69) is 44.8 Å². The van der Waals surface area contributed by atoms with Gasteiger partial charge in [-0.3, -0.25) is 4.79 Å². The molecule has 2 aromatic rings. The molecule has 0 spiro atoms. The molecule has 0 unspecified atom stereocenters. The average Bonchev–Trinajstić information content (AvgIpc) is 3.26. The molecule has 29 heavy (non-hydrogen) atoms. The van der Waals surface area contributed by atoms with Crippen LogP contribution in [-0.4, -0.2) is 63.1 Å². The van der Waals surface area contributed by atoms with Crippen molar-refractivity contribution < 1.29 is 9.21 Å². The lowest BCUT2D eigenvalue weighted by Gasteiger charge is -2.34. The Kier molecular flexibility index (Phi) is 7.55. The molecule has 0 aliphatic carbocycles. The Morgan fingerprint density at radius 3 is 2.59 bits per heavy atom. The standard InChI is InChI=1S/C22H31N5O2/c1-26(2)21(28)17-24-22(23-13-10-20-9-6-16-29-20)25-18-11-14-27(15-12-18)19-7-4-3-5-8-19/h3-9,16,18H,10-15,17H2,1-2H3,(H2,23,24,25). The van der Waals surface area contributed by atoms with Crippen molar-refractivity contribution in [3.8, 4) is 0 Å². The fourth-order valence-corrected chi connectivity index (χ4v) is 3.31. The first-order chi connectivity index (χ1) is 14.1. The average molecular weight is 398 g/mol. The van der Waals surface area contributed by atoms with E-state index in [1.54, 1.807) is 25.3 Å². The minimum absolute atomic E-state index is 0.0176. The molecule has 0 atom stereocenters. The fraction of sp³-hybridized carbons (Fsp3) is 0.455. The normalized spacial score (nSPS) is 15.2. The number of anilines is 1. The summed E-state index contributed by atoms with van der Waals surface area (Å²) in [6.07, 6.45) is 4.49. The number of carbonyl (C=O) groups excluding carboxylic acids is 1. The lowest BCUT2D eigenvalue weighted by Crippen LogP contribution is -2.49. The van der Waals surface area contributed by atoms with Crippen molar-refractivity contribution in [1.29, 1.82) is 0 Å². The number of rotatable bonds is 7. The first kappa shape index (κ1) is 20.8. The second kappa shape index (κ2) is 10.5. The van der Waals surface area contributed by atoms with Crippen LogP contribution in [0, 0.1) is 0 Å². The minimum atomic E-state index is -0.0176. The Morgan fingerprint density at radius 1 is 1.17 bits per heavy atom. The molecule has 1 amide bonds. The molecule has 156 valence electrons. The van der Waals surface area contributed by atoms with E-state index in [1.165, 1.54) is 5.69 Å². The Bertz CT molecular complexity index is 766. The Morgan fingerprint density at radius 2 is 1.93 bits per heavy atom. The van der Waals surface area contributed by atoms with Crippen molar-refractivity contribution >= 4 is 17.6 Å². The van der Waals surface area contributed by atoms with Gasteiger partial charge in [0.2, 0.25) is 5.91 Å². The third-order valence-electron chi connectivity index (χ3n) is 5.07. The number of nitrogens with zero attached hydrogens (tertiary/aromatic N) is 3. The van der Waals surface area contributed by atoms with E-state index in [0.29, 0.717) is 18.5 Å². The van der Waals surface area contributed by atoms with Crippen molar-refractivity contribution in [2.45, 2.75) is 25.3 Å². The van der Waals surface area contributed by atoms with Gasteiger partial charge in [-0.1, -0.05) is 18.2 Å². The van der Waals surface area contributed by atoms with Crippen LogP contribution in [0.2, 0.25) is 0 Å². The molecule has 0 radical (unpaired) electrons. The van der Waals surface area contributed by atoms with Gasteiger partial charge in [-0.25, -0.2) is 4.99 Å². The van der Waals surface area contributed by atoms with Gasteiger partial charge in [-0.15, -0.1) is 0 Å². The van der Waals surface area contributed by atoms with Crippen LogP contribution >= 0.6 is 0 Å². The van der Waals surface area contributed by atoms with E-state index in [9.17, 15) is 4.79 Å². The highest BCUT2D eigenvalue weighted by Gasteiger charge is 2.20. The number of hydrogen-bond acceptors (Lipinski definition) is 4. The SMILES string of the molecule is CN(C)C(=O)CN=C(NCCc1ccco1)NC1CCN(c2ccccc2)CC1. The van der Waals surface area contributed by atoms with E-state index in [-0.39, 0.29) is 12.5 Å². The first-order valence-corrected chi connectivity index (χ1v) is 10.2. The number of aliphatic imine (C=N–C) groups is 1. The second-order valence-electron chi connectivity index (χ2n) is 7.45. The summed E-state index contributed by atoms with van der Waals surface area (Å²) in [6, 6.07) is 14.7. The van der Waals surface area contributed by atoms with Gasteiger partial charge in [0, 0.05) is 51.9 Å². The summed E-state index contributed by atoms with van der Waals surface area (Å²) >= 11 is 0. The number of amides is 1. The molecule has 7 heteroatoms. The van der Waals surface area contributed by atoms with Crippen molar-refractivity contribution in [2.24, 2.45) is 4.99 Å². The molecule has 0 saturated carbocycles. The predicted molar refractivity (Wildman–Crippen MR) is 116 cm³/mol. The molecular formula is C22H31N5O2. The van der Waals surface area contributed by atoms with Crippen molar-refractivity contribution in [3.05, 3.63) is 54.5 Å². The molecule has 1 aliphatic heterocycles. The van der Waals surface area contributed by atoms with Crippen LogP contribution in [-0.2, 0) is 11.2 Å². The van der Waals surface area contributed by atoms with Gasteiger partial charge >= 0.3 is 0 Å². The van der Waals surface area contributed by atoms with E-state index in [1.807, 2.05) is 18.2 Å². The molecule has 2 N–H and O–H groups in total. The summed E-state index contributed by atoms with van der Waals surface area (Å²) in [5, 5.41) is 6.85. The summed E-state index contributed by atoms with van der Waals surface area (Å²) < 4.78 is 5.38. The van der Waals surface area contributed by atoms with Gasteiger partial charge in [-0.05, 0) is 37.1 Å². The van der Waals surface area contributed by atoms with Gasteiger partial charge in [0.05, 0.1) is 6.26 Å². The molecule has 7 nitrogen and oxygen atoms in total. The van der Waals surface area contributed by atoms with Crippen molar-refractivity contribution in [3.63, 3.8) is 0 Å². The number of para-hydroxylation sites is 1. The minimum Gasteiger partial charge on any atom is -0.469 e. The highest BCUT2D eigenvalue weighted by molar-refractivity contribution is 5.85. The monoisotopic (exact) mass is 397 g/mol. The van der Waals surface area contributed by atoms with Gasteiger partial charge in [0.1, 0.15) is 12.3 Å². The number of guanidine groups is 1. The van der Waals surface area contributed by atoms with Crippen LogP contribution in [0.4, 0.5) is 5.69 Å². The van der Waals surface area contributed by atoms with Crippen LogP contribution < -0.4 is 15.5 Å². The van der Waals surface area contributed by atoms with Gasteiger partial charge in [-0.2, -0.15) is 0 Å². The molecule has 1 aliphatic rings. The van der Waals surface area contributed by atoms with Crippen LogP contribution in [0.5, 0.6) is 0 Å². The Balaban J connectivity index is 1.52. The maximum Gasteiger partial charge on any atom is 0.243 e. The van der Waals surface area contributed by atoms with Crippen LogP contribution in [0.25, 0.3) is 0 Å². The summed E-state index contributed by atoms with van der Waals surface area (Å²) in [7, 11) is 3.49. The smallest absolute Gasteiger partial charge is 0.243 e. The third kappa shape index (κ3) is 6.55. The highest BCUT2D eigenvalue weighted by atomic mass is 16.3. The fourth-order valence-electron chi connectivity index (χ4n) is 3.31.